The third-order valence-corrected chi connectivity index (χ3v) is 2.72. The van der Waals surface area contributed by atoms with Crippen LogP contribution in [-0.2, 0) is 17.9 Å². The van der Waals surface area contributed by atoms with Gasteiger partial charge in [-0.1, -0.05) is 5.21 Å². The zero-order valence-corrected chi connectivity index (χ0v) is 10.6. The van der Waals surface area contributed by atoms with Crippen LogP contribution in [0.2, 0.25) is 0 Å². The van der Waals surface area contributed by atoms with Crippen LogP contribution >= 0.6 is 0 Å². The highest BCUT2D eigenvalue weighted by Gasteiger charge is 2.17. The maximum atomic E-state index is 13.3. The molecule has 1 aromatic heterocycles. The fourth-order valence-corrected chi connectivity index (χ4v) is 1.74. The summed E-state index contributed by atoms with van der Waals surface area (Å²) in [5.74, 6) is -2.34. The second-order valence-electron chi connectivity index (χ2n) is 4.00. The van der Waals surface area contributed by atoms with E-state index < -0.39 is 18.2 Å². The van der Waals surface area contributed by atoms with Crippen LogP contribution in [0.1, 0.15) is 5.69 Å². The molecule has 0 bridgehead atoms. The number of nitrogens with zero attached hydrogens (tertiary/aromatic N) is 3. The third kappa shape index (κ3) is 2.64. The molecule has 0 fully saturated rings. The topological polar surface area (TPSA) is 80.0 Å². The van der Waals surface area contributed by atoms with Crippen molar-refractivity contribution >= 4 is 5.91 Å². The van der Waals surface area contributed by atoms with Gasteiger partial charge in [0.2, 0.25) is 5.91 Å². The average Bonchev–Trinajstić information content (AvgIpc) is 2.84. The van der Waals surface area contributed by atoms with Crippen molar-refractivity contribution in [3.8, 4) is 11.3 Å². The van der Waals surface area contributed by atoms with E-state index in [-0.39, 0.29) is 29.4 Å². The molecule has 0 radical (unpaired) electrons. The number of hydrogen-bond acceptors (Lipinski definition) is 4. The van der Waals surface area contributed by atoms with E-state index in [4.69, 9.17) is 0 Å². The van der Waals surface area contributed by atoms with E-state index in [1.807, 2.05) is 0 Å². The molecule has 1 aromatic carbocycles. The summed E-state index contributed by atoms with van der Waals surface area (Å²) >= 11 is 0. The molecular weight excluding hydrogens is 270 g/mol. The molecule has 6 nitrogen and oxygen atoms in total. The number of aliphatic hydroxyl groups is 1. The predicted molar refractivity (Wildman–Crippen MR) is 65.4 cm³/mol. The van der Waals surface area contributed by atoms with Gasteiger partial charge in [-0.15, -0.1) is 5.10 Å². The molecule has 1 heterocycles. The Bertz CT molecular complexity index is 642. The van der Waals surface area contributed by atoms with Crippen molar-refractivity contribution in [3.05, 3.63) is 35.5 Å². The largest absolute Gasteiger partial charge is 0.390 e. The van der Waals surface area contributed by atoms with Gasteiger partial charge in [0.15, 0.2) is 11.6 Å². The van der Waals surface area contributed by atoms with Crippen molar-refractivity contribution in [3.63, 3.8) is 0 Å². The summed E-state index contributed by atoms with van der Waals surface area (Å²) in [6.45, 7) is -0.570. The van der Waals surface area contributed by atoms with E-state index in [2.05, 4.69) is 15.6 Å². The van der Waals surface area contributed by atoms with Crippen LogP contribution < -0.4 is 5.32 Å². The zero-order chi connectivity index (χ0) is 14.7. The molecule has 20 heavy (non-hydrogen) atoms. The van der Waals surface area contributed by atoms with Gasteiger partial charge in [-0.2, -0.15) is 0 Å². The lowest BCUT2D eigenvalue weighted by Crippen LogP contribution is -2.24. The SMILES string of the molecule is CNC(=O)Cn1nnc(CO)c1-c1ccc(F)c(F)c1. The van der Waals surface area contributed by atoms with Gasteiger partial charge in [0.25, 0.3) is 0 Å². The van der Waals surface area contributed by atoms with Gasteiger partial charge < -0.3 is 10.4 Å². The standard InChI is InChI=1S/C12H12F2N4O2/c1-15-11(20)5-18-12(10(6-19)16-17-18)7-2-3-8(13)9(14)4-7/h2-4,19H,5-6H2,1H3,(H,15,20). The Balaban J connectivity index is 2.49. The van der Waals surface area contributed by atoms with Crippen molar-refractivity contribution < 1.29 is 18.7 Å². The molecule has 2 rings (SSSR count). The number of carbonyl (C=O) groups excluding carboxylic acids is 1. The van der Waals surface area contributed by atoms with Crippen LogP contribution in [-0.4, -0.2) is 33.1 Å². The number of hydrogen-bond donors (Lipinski definition) is 2. The normalized spacial score (nSPS) is 10.6. The molecule has 0 aliphatic carbocycles. The molecule has 2 aromatic rings. The monoisotopic (exact) mass is 282 g/mol. The summed E-state index contributed by atoms with van der Waals surface area (Å²) in [6.07, 6.45) is 0. The van der Waals surface area contributed by atoms with E-state index in [1.165, 1.54) is 17.8 Å². The number of nitrogens with one attached hydrogen (secondary N) is 1. The molecule has 8 heteroatoms. The third-order valence-electron chi connectivity index (χ3n) is 2.72. The fourth-order valence-electron chi connectivity index (χ4n) is 1.74. The van der Waals surface area contributed by atoms with Gasteiger partial charge >= 0.3 is 0 Å². The van der Waals surface area contributed by atoms with Crippen LogP contribution in [0, 0.1) is 11.6 Å². The number of benzene rings is 1. The minimum Gasteiger partial charge on any atom is -0.390 e. The Morgan fingerprint density at radius 1 is 1.40 bits per heavy atom. The highest BCUT2D eigenvalue weighted by atomic mass is 19.2. The van der Waals surface area contributed by atoms with Crippen molar-refractivity contribution in [1.29, 1.82) is 0 Å². The molecule has 2 N–H and O–H groups in total. The molecule has 106 valence electrons. The molecule has 0 aliphatic rings. The van der Waals surface area contributed by atoms with E-state index in [1.54, 1.807) is 0 Å². The van der Waals surface area contributed by atoms with Gasteiger partial charge in [0.1, 0.15) is 12.2 Å². The number of carbonyl (C=O) groups is 1. The van der Waals surface area contributed by atoms with Gasteiger partial charge in [-0.25, -0.2) is 13.5 Å². The van der Waals surface area contributed by atoms with Crippen LogP contribution in [0.3, 0.4) is 0 Å². The molecule has 0 aliphatic heterocycles. The Hall–Kier alpha value is -2.35. The van der Waals surface area contributed by atoms with E-state index in [9.17, 15) is 18.7 Å². The predicted octanol–water partition coefficient (Wildman–Crippen LogP) is 0.462. The first-order valence-electron chi connectivity index (χ1n) is 5.76. The molecule has 0 unspecified atom stereocenters. The second-order valence-corrected chi connectivity index (χ2v) is 4.00. The smallest absolute Gasteiger partial charge is 0.241 e. The van der Waals surface area contributed by atoms with E-state index >= 15 is 0 Å². The minimum absolute atomic E-state index is 0.141. The van der Waals surface area contributed by atoms with Gasteiger partial charge in [0.05, 0.1) is 12.3 Å². The summed E-state index contributed by atoms with van der Waals surface area (Å²) in [5, 5.41) is 19.1. The lowest BCUT2D eigenvalue weighted by molar-refractivity contribution is -0.121. The summed E-state index contributed by atoms with van der Waals surface area (Å²) in [5.41, 5.74) is 0.733. The van der Waals surface area contributed by atoms with E-state index in [0.29, 0.717) is 0 Å². The number of amides is 1. The number of likely N-dealkylation sites (N-methyl/N-ethyl adjacent to an activating group) is 1. The highest BCUT2D eigenvalue weighted by molar-refractivity contribution is 5.76. The Morgan fingerprint density at radius 3 is 2.75 bits per heavy atom. The van der Waals surface area contributed by atoms with Crippen LogP contribution in [0.15, 0.2) is 18.2 Å². The first kappa shape index (κ1) is 14.1. The van der Waals surface area contributed by atoms with Crippen LogP contribution in [0.25, 0.3) is 11.3 Å². The molecule has 1 amide bonds. The number of halogens is 2. The Kier molecular flexibility index (Phi) is 4.04. The molecule has 0 spiro atoms. The number of rotatable bonds is 4. The summed E-state index contributed by atoms with van der Waals surface area (Å²) in [7, 11) is 1.46. The maximum absolute atomic E-state index is 13.3. The molecule has 0 saturated heterocycles. The zero-order valence-electron chi connectivity index (χ0n) is 10.6. The van der Waals surface area contributed by atoms with Crippen LogP contribution in [0.4, 0.5) is 8.78 Å². The lowest BCUT2D eigenvalue weighted by atomic mass is 10.1. The minimum atomic E-state index is -1.03. The van der Waals surface area contributed by atoms with Crippen molar-refractivity contribution in [2.75, 3.05) is 7.05 Å². The van der Waals surface area contributed by atoms with Crippen molar-refractivity contribution in [1.82, 2.24) is 20.3 Å². The van der Waals surface area contributed by atoms with Gasteiger partial charge in [-0.3, -0.25) is 4.79 Å². The molecule has 0 atom stereocenters. The maximum Gasteiger partial charge on any atom is 0.241 e. The molecular formula is C12H12F2N4O2. The van der Waals surface area contributed by atoms with Crippen molar-refractivity contribution in [2.24, 2.45) is 0 Å². The van der Waals surface area contributed by atoms with Crippen LogP contribution in [0.5, 0.6) is 0 Å². The number of aromatic nitrogens is 3. The number of aliphatic hydroxyl groups excluding tert-OH is 1. The second kappa shape index (κ2) is 5.74. The van der Waals surface area contributed by atoms with Gasteiger partial charge in [-0.05, 0) is 18.2 Å². The van der Waals surface area contributed by atoms with Crippen molar-refractivity contribution in [2.45, 2.75) is 13.2 Å². The summed E-state index contributed by atoms with van der Waals surface area (Å²) in [6, 6.07) is 3.26. The Morgan fingerprint density at radius 2 is 2.15 bits per heavy atom. The fraction of sp³-hybridized carbons (Fsp3) is 0.250. The lowest BCUT2D eigenvalue weighted by Gasteiger charge is -2.07. The molecule has 0 saturated carbocycles. The first-order chi connectivity index (χ1) is 9.56. The average molecular weight is 282 g/mol. The highest BCUT2D eigenvalue weighted by Crippen LogP contribution is 2.24. The quantitative estimate of drug-likeness (QED) is 0.854. The summed E-state index contributed by atoms with van der Waals surface area (Å²) < 4.78 is 27.5. The first-order valence-corrected chi connectivity index (χ1v) is 5.76. The van der Waals surface area contributed by atoms with Gasteiger partial charge in [0, 0.05) is 12.6 Å². The summed E-state index contributed by atoms with van der Waals surface area (Å²) in [4.78, 5) is 11.4. The Labute approximate surface area is 113 Å². The van der Waals surface area contributed by atoms with E-state index in [0.717, 1.165) is 12.1 Å².